The number of hydrogen-bond donors (Lipinski definition) is 0. The van der Waals surface area contributed by atoms with Crippen molar-refractivity contribution >= 4 is 11.9 Å². The van der Waals surface area contributed by atoms with Crippen LogP contribution in [0.25, 0.3) is 0 Å². The van der Waals surface area contributed by atoms with Gasteiger partial charge in [-0.05, 0) is 5.92 Å². The highest BCUT2D eigenvalue weighted by molar-refractivity contribution is 5.81. The zero-order chi connectivity index (χ0) is 15.2. The van der Waals surface area contributed by atoms with Gasteiger partial charge in [-0.3, -0.25) is 4.79 Å². The maximum atomic E-state index is 11.5. The van der Waals surface area contributed by atoms with E-state index in [1.807, 2.05) is 27.7 Å². The van der Waals surface area contributed by atoms with Crippen molar-refractivity contribution < 1.29 is 19.1 Å². The van der Waals surface area contributed by atoms with Crippen LogP contribution < -0.4 is 0 Å². The average Bonchev–Trinajstić information content (AvgIpc) is 2.31. The van der Waals surface area contributed by atoms with E-state index in [0.29, 0.717) is 0 Å². The fraction of sp³-hybridized carbons (Fsp3) is 0.733. The third kappa shape index (κ3) is 5.90. The second-order valence-electron chi connectivity index (χ2n) is 6.06. The molecule has 0 saturated heterocycles. The van der Waals surface area contributed by atoms with E-state index in [-0.39, 0.29) is 30.5 Å². The van der Waals surface area contributed by atoms with Crippen molar-refractivity contribution in [2.45, 2.75) is 47.6 Å². The van der Waals surface area contributed by atoms with Gasteiger partial charge in [-0.15, -0.1) is 0 Å². The summed E-state index contributed by atoms with van der Waals surface area (Å²) in [5.41, 5.74) is -0.447. The van der Waals surface area contributed by atoms with Crippen molar-refractivity contribution in [2.24, 2.45) is 17.3 Å². The molecule has 4 nitrogen and oxygen atoms in total. The molecule has 0 bridgehead atoms. The van der Waals surface area contributed by atoms with E-state index in [2.05, 4.69) is 6.58 Å². The third-order valence-electron chi connectivity index (χ3n) is 2.84. The van der Waals surface area contributed by atoms with Gasteiger partial charge in [0.25, 0.3) is 0 Å². The zero-order valence-electron chi connectivity index (χ0n) is 12.9. The molecule has 19 heavy (non-hydrogen) atoms. The molecule has 1 atom stereocenters. The summed E-state index contributed by atoms with van der Waals surface area (Å²) in [5, 5.41) is 0. The normalized spacial score (nSPS) is 13.3. The maximum absolute atomic E-state index is 11.5. The van der Waals surface area contributed by atoms with Crippen LogP contribution in [-0.4, -0.2) is 24.6 Å². The zero-order valence-corrected chi connectivity index (χ0v) is 12.9. The summed E-state index contributed by atoms with van der Waals surface area (Å²) in [4.78, 5) is 22.9. The highest BCUT2D eigenvalue weighted by atomic mass is 16.6. The second kappa shape index (κ2) is 7.31. The van der Waals surface area contributed by atoms with Gasteiger partial charge >= 0.3 is 11.9 Å². The summed E-state index contributed by atoms with van der Waals surface area (Å²) in [7, 11) is 0. The molecule has 0 aliphatic carbocycles. The van der Waals surface area contributed by atoms with Crippen LogP contribution in [0.1, 0.15) is 41.5 Å². The molecular weight excluding hydrogens is 244 g/mol. The molecule has 0 radical (unpaired) electrons. The van der Waals surface area contributed by atoms with Crippen LogP contribution in [0.3, 0.4) is 0 Å². The van der Waals surface area contributed by atoms with E-state index in [4.69, 9.17) is 9.47 Å². The lowest BCUT2D eigenvalue weighted by molar-refractivity contribution is -0.162. The molecule has 0 aromatic carbocycles. The first kappa shape index (κ1) is 17.7. The van der Waals surface area contributed by atoms with Crippen molar-refractivity contribution in [1.82, 2.24) is 0 Å². The van der Waals surface area contributed by atoms with Gasteiger partial charge in [-0.2, -0.15) is 0 Å². The number of hydrogen-bond acceptors (Lipinski definition) is 4. The van der Waals surface area contributed by atoms with Crippen LogP contribution in [0.2, 0.25) is 0 Å². The summed E-state index contributed by atoms with van der Waals surface area (Å²) in [6.07, 6.45) is 0.809. The summed E-state index contributed by atoms with van der Waals surface area (Å²) >= 11 is 0. The summed E-state index contributed by atoms with van der Waals surface area (Å²) in [5.74, 6) is -0.742. The Labute approximate surface area is 116 Å². The van der Waals surface area contributed by atoms with E-state index in [1.165, 1.54) is 0 Å². The number of carbonyl (C=O) groups excluding carboxylic acids is 2. The van der Waals surface area contributed by atoms with E-state index in [1.54, 1.807) is 13.8 Å². The van der Waals surface area contributed by atoms with E-state index in [9.17, 15) is 9.59 Å². The van der Waals surface area contributed by atoms with Gasteiger partial charge in [0.2, 0.25) is 0 Å². The van der Waals surface area contributed by atoms with Crippen molar-refractivity contribution in [3.8, 4) is 0 Å². The SMILES string of the molecule is C=CC(=O)OC(C(C)C)C(C)(C)COC(=O)C(C)C. The maximum Gasteiger partial charge on any atom is 0.330 e. The Morgan fingerprint density at radius 2 is 1.74 bits per heavy atom. The predicted octanol–water partition coefficient (Wildman–Crippen LogP) is 2.97. The number of ether oxygens (including phenoxy) is 2. The summed E-state index contributed by atoms with van der Waals surface area (Å²) < 4.78 is 10.6. The van der Waals surface area contributed by atoms with Crippen molar-refractivity contribution in [2.75, 3.05) is 6.61 Å². The molecule has 4 heteroatoms. The molecule has 0 fully saturated rings. The Kier molecular flexibility index (Phi) is 6.81. The monoisotopic (exact) mass is 270 g/mol. The summed E-state index contributed by atoms with van der Waals surface area (Å²) in [6, 6.07) is 0. The Hall–Kier alpha value is -1.32. The highest BCUT2D eigenvalue weighted by Gasteiger charge is 2.36. The van der Waals surface area contributed by atoms with Gasteiger partial charge < -0.3 is 9.47 Å². The van der Waals surface area contributed by atoms with E-state index < -0.39 is 11.4 Å². The van der Waals surface area contributed by atoms with Crippen LogP contribution in [0.5, 0.6) is 0 Å². The van der Waals surface area contributed by atoms with Gasteiger partial charge in [0, 0.05) is 11.5 Å². The minimum absolute atomic E-state index is 0.122. The van der Waals surface area contributed by atoms with Crippen LogP contribution in [0.15, 0.2) is 12.7 Å². The van der Waals surface area contributed by atoms with Crippen molar-refractivity contribution in [3.63, 3.8) is 0 Å². The Morgan fingerprint density at radius 3 is 2.11 bits per heavy atom. The minimum atomic E-state index is -0.457. The van der Waals surface area contributed by atoms with Gasteiger partial charge in [0.05, 0.1) is 12.5 Å². The van der Waals surface area contributed by atoms with Gasteiger partial charge in [0.15, 0.2) is 0 Å². The van der Waals surface area contributed by atoms with Crippen LogP contribution in [0, 0.1) is 17.3 Å². The Morgan fingerprint density at radius 1 is 1.21 bits per heavy atom. The van der Waals surface area contributed by atoms with E-state index in [0.717, 1.165) is 6.08 Å². The molecule has 0 spiro atoms. The predicted molar refractivity (Wildman–Crippen MR) is 74.5 cm³/mol. The molecule has 110 valence electrons. The largest absolute Gasteiger partial charge is 0.465 e. The molecule has 0 aliphatic heterocycles. The molecule has 0 aromatic heterocycles. The standard InChI is InChI=1S/C15H26O4/c1-8-12(16)19-13(10(2)3)15(6,7)9-18-14(17)11(4)5/h8,10-11,13H,1,9H2,2-7H3. The van der Waals surface area contributed by atoms with Crippen LogP contribution >= 0.6 is 0 Å². The highest BCUT2D eigenvalue weighted by Crippen LogP contribution is 2.30. The molecule has 0 aromatic rings. The first-order valence-corrected chi connectivity index (χ1v) is 6.61. The molecule has 0 N–H and O–H groups in total. The molecule has 0 amide bonds. The fourth-order valence-corrected chi connectivity index (χ4v) is 1.88. The average molecular weight is 270 g/mol. The van der Waals surface area contributed by atoms with Crippen molar-refractivity contribution in [3.05, 3.63) is 12.7 Å². The topological polar surface area (TPSA) is 52.6 Å². The first-order valence-electron chi connectivity index (χ1n) is 6.61. The smallest absolute Gasteiger partial charge is 0.330 e. The first-order chi connectivity index (χ1) is 8.61. The number of carbonyl (C=O) groups is 2. The van der Waals surface area contributed by atoms with Crippen LogP contribution in [0.4, 0.5) is 0 Å². The van der Waals surface area contributed by atoms with Crippen LogP contribution in [-0.2, 0) is 19.1 Å². The third-order valence-corrected chi connectivity index (χ3v) is 2.84. The van der Waals surface area contributed by atoms with Gasteiger partial charge in [-0.1, -0.05) is 48.1 Å². The second-order valence-corrected chi connectivity index (χ2v) is 6.06. The van der Waals surface area contributed by atoms with Crippen molar-refractivity contribution in [1.29, 1.82) is 0 Å². The molecule has 0 rings (SSSR count). The molecule has 1 unspecified atom stereocenters. The lowest BCUT2D eigenvalue weighted by atomic mass is 9.81. The molecule has 0 aliphatic rings. The molecule has 0 heterocycles. The lowest BCUT2D eigenvalue weighted by Gasteiger charge is -2.35. The Balaban J connectivity index is 4.74. The Bertz CT molecular complexity index is 329. The number of esters is 2. The lowest BCUT2D eigenvalue weighted by Crippen LogP contribution is -2.41. The van der Waals surface area contributed by atoms with Gasteiger partial charge in [-0.25, -0.2) is 4.79 Å². The van der Waals surface area contributed by atoms with E-state index >= 15 is 0 Å². The minimum Gasteiger partial charge on any atom is -0.465 e. The molecule has 0 saturated carbocycles. The number of rotatable bonds is 7. The summed E-state index contributed by atoms with van der Waals surface area (Å²) in [6.45, 7) is 14.9. The molecular formula is C15H26O4. The van der Waals surface area contributed by atoms with Gasteiger partial charge in [0.1, 0.15) is 6.10 Å². The quantitative estimate of drug-likeness (QED) is 0.527. The fourth-order valence-electron chi connectivity index (χ4n) is 1.88.